The third-order valence-electron chi connectivity index (χ3n) is 2.28. The van der Waals surface area contributed by atoms with Gasteiger partial charge in [-0.1, -0.05) is 30.7 Å². The minimum Gasteiger partial charge on any atom is -0.389 e. The average Bonchev–Trinajstić information content (AvgIpc) is 2.61. The Morgan fingerprint density at radius 2 is 2.00 bits per heavy atom. The van der Waals surface area contributed by atoms with Gasteiger partial charge >= 0.3 is 0 Å². The van der Waals surface area contributed by atoms with Crippen LogP contribution in [0.2, 0.25) is 5.02 Å². The van der Waals surface area contributed by atoms with Crippen LogP contribution in [0.3, 0.4) is 0 Å². The quantitative estimate of drug-likeness (QED) is 0.897. The number of nitrogens with two attached hydrogens (primary N) is 1. The first kappa shape index (κ1) is 11.4. The van der Waals surface area contributed by atoms with Crippen LogP contribution >= 0.6 is 22.9 Å². The van der Waals surface area contributed by atoms with Gasteiger partial charge in [-0.25, -0.2) is 4.98 Å². The lowest BCUT2D eigenvalue weighted by molar-refractivity contribution is 0.910. The van der Waals surface area contributed by atoms with Gasteiger partial charge in [-0.2, -0.15) is 0 Å². The summed E-state index contributed by atoms with van der Waals surface area (Å²) in [4.78, 5) is 4.55. The molecule has 0 aliphatic carbocycles. The molecule has 0 amide bonds. The number of rotatable bonds is 3. The normalized spacial score (nSPS) is 10.6. The van der Waals surface area contributed by atoms with Gasteiger partial charge in [0.05, 0.1) is 5.01 Å². The number of hydrogen-bond donors (Lipinski definition) is 1. The van der Waals surface area contributed by atoms with Crippen LogP contribution in [0.1, 0.15) is 18.4 Å². The molecular weight excluding hydrogens is 240 g/mol. The predicted octanol–water partition coefficient (Wildman–Crippen LogP) is 4.00. The predicted molar refractivity (Wildman–Crippen MR) is 71.0 cm³/mol. The molecular formula is C12H13ClN2S. The molecule has 0 unspecified atom stereocenters. The first-order chi connectivity index (χ1) is 7.70. The van der Waals surface area contributed by atoms with Gasteiger partial charge in [0, 0.05) is 10.6 Å². The standard InChI is InChI=1S/C12H13ClN2S/c1-2-3-10-15-11(12(14)16-10)8-4-6-9(13)7-5-8/h4-7H,2-3,14H2,1H3. The largest absolute Gasteiger partial charge is 0.389 e. The van der Waals surface area contributed by atoms with Gasteiger partial charge < -0.3 is 5.73 Å². The van der Waals surface area contributed by atoms with E-state index in [2.05, 4.69) is 11.9 Å². The summed E-state index contributed by atoms with van der Waals surface area (Å²) in [5, 5.41) is 2.61. The summed E-state index contributed by atoms with van der Waals surface area (Å²) in [5.74, 6) is 0. The second-order valence-corrected chi connectivity index (χ2v) is 5.13. The molecule has 0 spiro atoms. The van der Waals surface area contributed by atoms with Crippen LogP contribution < -0.4 is 5.73 Å². The van der Waals surface area contributed by atoms with Crippen LogP contribution in [0.5, 0.6) is 0 Å². The fraction of sp³-hybridized carbons (Fsp3) is 0.250. The molecule has 0 atom stereocenters. The summed E-state index contributed by atoms with van der Waals surface area (Å²) in [6.07, 6.45) is 2.08. The molecule has 0 bridgehead atoms. The van der Waals surface area contributed by atoms with Crippen molar-refractivity contribution in [3.63, 3.8) is 0 Å². The maximum atomic E-state index is 5.96. The Kier molecular flexibility index (Phi) is 3.46. The molecule has 0 aliphatic heterocycles. The molecule has 0 saturated carbocycles. The van der Waals surface area contributed by atoms with Crippen molar-refractivity contribution >= 4 is 27.9 Å². The molecule has 2 nitrogen and oxygen atoms in total. The van der Waals surface area contributed by atoms with E-state index in [4.69, 9.17) is 17.3 Å². The zero-order valence-corrected chi connectivity index (χ0v) is 10.6. The van der Waals surface area contributed by atoms with Crippen LogP contribution in [-0.4, -0.2) is 4.98 Å². The van der Waals surface area contributed by atoms with Crippen molar-refractivity contribution in [1.29, 1.82) is 0 Å². The van der Waals surface area contributed by atoms with Crippen molar-refractivity contribution in [2.45, 2.75) is 19.8 Å². The number of aryl methyl sites for hydroxylation is 1. The van der Waals surface area contributed by atoms with Crippen molar-refractivity contribution < 1.29 is 0 Å². The molecule has 84 valence electrons. The highest BCUT2D eigenvalue weighted by Gasteiger charge is 2.09. The van der Waals surface area contributed by atoms with Crippen LogP contribution in [0.15, 0.2) is 24.3 Å². The lowest BCUT2D eigenvalue weighted by Crippen LogP contribution is -1.86. The minimum absolute atomic E-state index is 0.728. The summed E-state index contributed by atoms with van der Waals surface area (Å²) in [7, 11) is 0. The highest BCUT2D eigenvalue weighted by atomic mass is 35.5. The van der Waals surface area contributed by atoms with E-state index < -0.39 is 0 Å². The smallest absolute Gasteiger partial charge is 0.114 e. The molecule has 1 aromatic heterocycles. The van der Waals surface area contributed by atoms with Crippen LogP contribution in [0.4, 0.5) is 5.00 Å². The molecule has 4 heteroatoms. The van der Waals surface area contributed by atoms with Crippen molar-refractivity contribution in [3.8, 4) is 11.3 Å². The lowest BCUT2D eigenvalue weighted by Gasteiger charge is -1.98. The lowest BCUT2D eigenvalue weighted by atomic mass is 10.2. The van der Waals surface area contributed by atoms with Gasteiger partial charge in [-0.05, 0) is 25.0 Å². The second-order valence-electron chi connectivity index (χ2n) is 3.58. The van der Waals surface area contributed by atoms with Crippen molar-refractivity contribution in [2.75, 3.05) is 5.73 Å². The Morgan fingerprint density at radius 1 is 1.31 bits per heavy atom. The van der Waals surface area contributed by atoms with Gasteiger partial charge in [0.1, 0.15) is 10.7 Å². The Bertz CT molecular complexity index is 476. The number of nitrogens with zero attached hydrogens (tertiary/aromatic N) is 1. The summed E-state index contributed by atoms with van der Waals surface area (Å²) >= 11 is 7.42. The molecule has 1 heterocycles. The van der Waals surface area contributed by atoms with E-state index in [-0.39, 0.29) is 0 Å². The molecule has 1 aromatic carbocycles. The molecule has 16 heavy (non-hydrogen) atoms. The van der Waals surface area contributed by atoms with E-state index in [1.54, 1.807) is 11.3 Å². The fourth-order valence-corrected chi connectivity index (χ4v) is 2.60. The summed E-state index contributed by atoms with van der Waals surface area (Å²) in [6.45, 7) is 2.14. The molecule has 0 radical (unpaired) electrons. The molecule has 2 N–H and O–H groups in total. The van der Waals surface area contributed by atoms with E-state index in [9.17, 15) is 0 Å². The SMILES string of the molecule is CCCc1nc(-c2ccc(Cl)cc2)c(N)s1. The molecule has 0 saturated heterocycles. The Morgan fingerprint density at radius 3 is 2.62 bits per heavy atom. The van der Waals surface area contributed by atoms with Crippen molar-refractivity contribution in [2.24, 2.45) is 0 Å². The van der Waals surface area contributed by atoms with E-state index in [0.717, 1.165) is 39.1 Å². The molecule has 2 rings (SSSR count). The monoisotopic (exact) mass is 252 g/mol. The van der Waals surface area contributed by atoms with Gasteiger partial charge in [0.2, 0.25) is 0 Å². The zero-order valence-electron chi connectivity index (χ0n) is 9.03. The van der Waals surface area contributed by atoms with Crippen LogP contribution in [-0.2, 0) is 6.42 Å². The van der Waals surface area contributed by atoms with E-state index in [0.29, 0.717) is 0 Å². The van der Waals surface area contributed by atoms with Crippen molar-refractivity contribution in [3.05, 3.63) is 34.3 Å². The number of nitrogen functional groups attached to an aromatic ring is 1. The van der Waals surface area contributed by atoms with Crippen molar-refractivity contribution in [1.82, 2.24) is 4.98 Å². The number of thiazole rings is 1. The topological polar surface area (TPSA) is 38.9 Å². The Balaban J connectivity index is 2.36. The van der Waals surface area contributed by atoms with Gasteiger partial charge in [-0.3, -0.25) is 0 Å². The zero-order chi connectivity index (χ0) is 11.5. The summed E-state index contributed by atoms with van der Waals surface area (Å²) < 4.78 is 0. The maximum Gasteiger partial charge on any atom is 0.114 e. The highest BCUT2D eigenvalue weighted by molar-refractivity contribution is 7.16. The third-order valence-corrected chi connectivity index (χ3v) is 3.48. The summed E-state index contributed by atoms with van der Waals surface area (Å²) in [6, 6.07) is 7.61. The Hall–Kier alpha value is -1.06. The number of halogens is 1. The molecule has 0 fully saturated rings. The molecule has 2 aromatic rings. The van der Waals surface area contributed by atoms with E-state index in [1.807, 2.05) is 24.3 Å². The first-order valence-electron chi connectivity index (χ1n) is 5.22. The van der Waals surface area contributed by atoms with Crippen LogP contribution in [0.25, 0.3) is 11.3 Å². The van der Waals surface area contributed by atoms with Crippen LogP contribution in [0, 0.1) is 0 Å². The minimum atomic E-state index is 0.728. The number of anilines is 1. The number of hydrogen-bond acceptors (Lipinski definition) is 3. The van der Waals surface area contributed by atoms with E-state index in [1.165, 1.54) is 0 Å². The maximum absolute atomic E-state index is 5.96. The third kappa shape index (κ3) is 2.36. The number of benzene rings is 1. The highest BCUT2D eigenvalue weighted by Crippen LogP contribution is 2.31. The second kappa shape index (κ2) is 4.85. The summed E-state index contributed by atoms with van der Waals surface area (Å²) in [5.41, 5.74) is 7.87. The van der Waals surface area contributed by atoms with E-state index >= 15 is 0 Å². The first-order valence-corrected chi connectivity index (χ1v) is 6.41. The average molecular weight is 253 g/mol. The fourth-order valence-electron chi connectivity index (χ4n) is 1.51. The Labute approximate surface area is 104 Å². The molecule has 0 aliphatic rings. The number of aromatic nitrogens is 1. The van der Waals surface area contributed by atoms with Gasteiger partial charge in [0.25, 0.3) is 0 Å². The van der Waals surface area contributed by atoms with Gasteiger partial charge in [-0.15, -0.1) is 11.3 Å². The van der Waals surface area contributed by atoms with Gasteiger partial charge in [0.15, 0.2) is 0 Å².